The van der Waals surface area contributed by atoms with Crippen LogP contribution in [0, 0.1) is 5.92 Å². The molecule has 0 heterocycles. The van der Waals surface area contributed by atoms with E-state index in [-0.39, 0.29) is 11.7 Å². The molecule has 0 bridgehead atoms. The van der Waals surface area contributed by atoms with E-state index in [2.05, 4.69) is 24.9 Å². The number of carbonyl (C=O) groups is 1. The van der Waals surface area contributed by atoms with E-state index in [1.807, 2.05) is 14.1 Å². The number of ketones is 1. The van der Waals surface area contributed by atoms with Crippen molar-refractivity contribution in [3.8, 4) is 0 Å². The Labute approximate surface area is 132 Å². The maximum absolute atomic E-state index is 11.4. The summed E-state index contributed by atoms with van der Waals surface area (Å²) in [7, 11) is 3.67. The summed E-state index contributed by atoms with van der Waals surface area (Å²) in [5, 5.41) is 7.51. The molecule has 118 valence electrons. The van der Waals surface area contributed by atoms with Crippen molar-refractivity contribution < 1.29 is 14.6 Å². The Hall–Kier alpha value is -0.950. The molecule has 0 aromatic heterocycles. The van der Waals surface area contributed by atoms with E-state index in [9.17, 15) is 4.79 Å². The van der Waals surface area contributed by atoms with Gasteiger partial charge in [0.1, 0.15) is 12.4 Å². The van der Waals surface area contributed by atoms with Gasteiger partial charge in [-0.05, 0) is 37.8 Å². The zero-order chi connectivity index (χ0) is 16.1. The fourth-order valence-electron chi connectivity index (χ4n) is 1.35. The maximum Gasteiger partial charge on any atom is 0.258 e. The van der Waals surface area contributed by atoms with Crippen molar-refractivity contribution in [3.63, 3.8) is 0 Å². The molecule has 0 aliphatic carbocycles. The Morgan fingerprint density at radius 1 is 1.35 bits per heavy atom. The number of hydrogen-bond donors (Lipinski definition) is 2. The number of aliphatic hydroxyl groups excluding tert-OH is 1. The van der Waals surface area contributed by atoms with Crippen molar-refractivity contribution >= 4 is 40.6 Å². The van der Waals surface area contributed by atoms with Gasteiger partial charge in [0.15, 0.2) is 0 Å². The summed E-state index contributed by atoms with van der Waals surface area (Å²) in [6.07, 6.45) is 4.32. The zero-order valence-corrected chi connectivity index (χ0v) is 14.4. The van der Waals surface area contributed by atoms with E-state index in [1.54, 1.807) is 11.8 Å². The standard InChI is InChI=1S/C12H23NO2S.CH3NOS/c1-5-6-7-8-11(10(2)14)9-15-12(16)13(3)4;2-1(3)4/h11H,5-9H2,1-4H3;(H3,2,3,4). The molecule has 3 N–H and O–H groups in total. The van der Waals surface area contributed by atoms with Crippen LogP contribution < -0.4 is 5.73 Å². The molecule has 7 heteroatoms. The first-order valence-electron chi connectivity index (χ1n) is 6.55. The Morgan fingerprint density at radius 3 is 2.20 bits per heavy atom. The normalized spacial score (nSPS) is 10.8. The average Bonchev–Trinajstić information content (AvgIpc) is 2.31. The molecule has 0 aromatic rings. The molecule has 20 heavy (non-hydrogen) atoms. The first-order chi connectivity index (χ1) is 9.22. The van der Waals surface area contributed by atoms with Gasteiger partial charge in [0.2, 0.25) is 0 Å². The molecule has 0 radical (unpaired) electrons. The molecule has 0 aliphatic heterocycles. The van der Waals surface area contributed by atoms with Crippen molar-refractivity contribution in [2.24, 2.45) is 11.7 Å². The van der Waals surface area contributed by atoms with Gasteiger partial charge in [-0.2, -0.15) is 0 Å². The molecule has 0 saturated heterocycles. The lowest BCUT2D eigenvalue weighted by atomic mass is 9.98. The van der Waals surface area contributed by atoms with Gasteiger partial charge in [0.25, 0.3) is 10.3 Å². The number of thiocarbonyl (C=S) groups is 2. The third kappa shape index (κ3) is 15.1. The van der Waals surface area contributed by atoms with Gasteiger partial charge in [-0.25, -0.2) is 0 Å². The molecule has 1 unspecified atom stereocenters. The van der Waals surface area contributed by atoms with Gasteiger partial charge in [-0.15, -0.1) is 0 Å². The lowest BCUT2D eigenvalue weighted by Gasteiger charge is -2.18. The van der Waals surface area contributed by atoms with E-state index < -0.39 is 5.17 Å². The Morgan fingerprint density at radius 2 is 1.85 bits per heavy atom. The lowest BCUT2D eigenvalue weighted by molar-refractivity contribution is -0.122. The maximum atomic E-state index is 11.4. The summed E-state index contributed by atoms with van der Waals surface area (Å²) in [4.78, 5) is 13.1. The number of ether oxygens (including phenoxy) is 1. The number of Topliss-reactive ketones (excluding diaryl/α,β-unsaturated/α-hetero) is 1. The van der Waals surface area contributed by atoms with E-state index in [1.165, 1.54) is 12.8 Å². The number of aliphatic hydroxyl groups is 1. The highest BCUT2D eigenvalue weighted by molar-refractivity contribution is 7.80. The van der Waals surface area contributed by atoms with Crippen LogP contribution in [-0.2, 0) is 9.53 Å². The second-order valence-electron chi connectivity index (χ2n) is 4.61. The second kappa shape index (κ2) is 13.1. The van der Waals surface area contributed by atoms with Crippen molar-refractivity contribution in [2.75, 3.05) is 20.7 Å². The molecule has 1 atom stereocenters. The van der Waals surface area contributed by atoms with Crippen molar-refractivity contribution in [3.05, 3.63) is 0 Å². The second-order valence-corrected chi connectivity index (χ2v) is 5.38. The minimum atomic E-state index is -0.500. The topological polar surface area (TPSA) is 75.8 Å². The van der Waals surface area contributed by atoms with E-state index in [4.69, 9.17) is 22.1 Å². The van der Waals surface area contributed by atoms with Gasteiger partial charge < -0.3 is 20.5 Å². The quantitative estimate of drug-likeness (QED) is 0.550. The number of nitrogens with zero attached hydrogens (tertiary/aromatic N) is 1. The van der Waals surface area contributed by atoms with Gasteiger partial charge in [-0.1, -0.05) is 26.2 Å². The first-order valence-corrected chi connectivity index (χ1v) is 7.36. The Bertz CT molecular complexity index is 306. The number of hydrogen-bond acceptors (Lipinski definition) is 4. The van der Waals surface area contributed by atoms with Crippen molar-refractivity contribution in [2.45, 2.75) is 39.5 Å². The number of carbonyl (C=O) groups excluding carboxylic acids is 1. The molecular formula is C13H26N2O3S2. The lowest BCUT2D eigenvalue weighted by Crippen LogP contribution is -2.27. The minimum absolute atomic E-state index is 0.00977. The first kappa shape index (κ1) is 21.4. The molecule has 5 nitrogen and oxygen atoms in total. The van der Waals surface area contributed by atoms with Gasteiger partial charge in [0, 0.05) is 14.1 Å². The van der Waals surface area contributed by atoms with Gasteiger partial charge >= 0.3 is 0 Å². The predicted molar refractivity (Wildman–Crippen MR) is 90.0 cm³/mol. The highest BCUT2D eigenvalue weighted by atomic mass is 32.1. The van der Waals surface area contributed by atoms with Crippen LogP contribution in [0.2, 0.25) is 0 Å². The smallest absolute Gasteiger partial charge is 0.258 e. The monoisotopic (exact) mass is 322 g/mol. The number of unbranched alkanes of at least 4 members (excludes halogenated alkanes) is 2. The van der Waals surface area contributed by atoms with Crippen LogP contribution in [-0.4, -0.2) is 46.8 Å². The third-order valence-electron chi connectivity index (χ3n) is 2.50. The fourth-order valence-corrected chi connectivity index (χ4v) is 1.41. The summed E-state index contributed by atoms with van der Waals surface area (Å²) < 4.78 is 5.39. The van der Waals surface area contributed by atoms with Gasteiger partial charge in [-0.3, -0.25) is 4.79 Å². The highest BCUT2D eigenvalue weighted by Crippen LogP contribution is 2.12. The van der Waals surface area contributed by atoms with Crippen molar-refractivity contribution in [1.29, 1.82) is 0 Å². The number of rotatable bonds is 7. The average molecular weight is 322 g/mol. The molecule has 0 fully saturated rings. The van der Waals surface area contributed by atoms with E-state index in [0.29, 0.717) is 11.8 Å². The van der Waals surface area contributed by atoms with E-state index >= 15 is 0 Å². The largest absolute Gasteiger partial charge is 0.487 e. The highest BCUT2D eigenvalue weighted by Gasteiger charge is 2.15. The zero-order valence-electron chi connectivity index (χ0n) is 12.7. The van der Waals surface area contributed by atoms with Crippen LogP contribution in [0.4, 0.5) is 0 Å². The molecule has 0 aliphatic rings. The van der Waals surface area contributed by atoms with Crippen LogP contribution in [0.5, 0.6) is 0 Å². The van der Waals surface area contributed by atoms with Crippen LogP contribution in [0.3, 0.4) is 0 Å². The minimum Gasteiger partial charge on any atom is -0.487 e. The van der Waals surface area contributed by atoms with Crippen LogP contribution >= 0.6 is 24.4 Å². The fraction of sp³-hybridized carbons (Fsp3) is 0.769. The molecule has 0 spiro atoms. The summed E-state index contributed by atoms with van der Waals surface area (Å²) in [6.45, 7) is 4.19. The van der Waals surface area contributed by atoms with Crippen LogP contribution in [0.1, 0.15) is 39.5 Å². The molecule has 0 amide bonds. The molecule has 0 aromatic carbocycles. The van der Waals surface area contributed by atoms with Crippen molar-refractivity contribution in [1.82, 2.24) is 4.90 Å². The Balaban J connectivity index is 0. The SMILES string of the molecule is CCCCCC(COC(=S)N(C)C)C(C)=O.NC(O)=S. The number of nitrogens with two attached hydrogens (primary N) is 1. The molecule has 0 saturated carbocycles. The molecule has 0 rings (SSSR count). The summed E-state index contributed by atoms with van der Waals surface area (Å²) in [6, 6.07) is 0. The summed E-state index contributed by atoms with van der Waals surface area (Å²) >= 11 is 8.88. The van der Waals surface area contributed by atoms with Crippen LogP contribution in [0.25, 0.3) is 0 Å². The van der Waals surface area contributed by atoms with E-state index in [0.717, 1.165) is 12.8 Å². The molecular weight excluding hydrogens is 296 g/mol. The van der Waals surface area contributed by atoms with Gasteiger partial charge in [0.05, 0.1) is 5.92 Å². The third-order valence-corrected chi connectivity index (χ3v) is 2.99. The summed E-state index contributed by atoms with van der Waals surface area (Å²) in [5.41, 5.74) is 4.40. The van der Waals surface area contributed by atoms with Crippen LogP contribution in [0.15, 0.2) is 0 Å². The predicted octanol–water partition coefficient (Wildman–Crippen LogP) is 2.42. The Kier molecular flexibility index (Phi) is 13.9. The summed E-state index contributed by atoms with van der Waals surface area (Å²) in [5.74, 6) is 0.183.